The van der Waals surface area contributed by atoms with Gasteiger partial charge in [0.05, 0.1) is 19.2 Å². The summed E-state index contributed by atoms with van der Waals surface area (Å²) in [6.07, 6.45) is 0. The first-order valence-corrected chi connectivity index (χ1v) is 9.61. The lowest BCUT2D eigenvalue weighted by Crippen LogP contribution is -2.40. The van der Waals surface area contributed by atoms with Crippen LogP contribution in [0.2, 0.25) is 0 Å². The van der Waals surface area contributed by atoms with Gasteiger partial charge in [-0.15, -0.1) is 0 Å². The van der Waals surface area contributed by atoms with Gasteiger partial charge in [0.2, 0.25) is 5.78 Å². The van der Waals surface area contributed by atoms with Gasteiger partial charge in [0.1, 0.15) is 0 Å². The number of aromatic nitrogens is 5. The summed E-state index contributed by atoms with van der Waals surface area (Å²) in [6, 6.07) is 10.2. The number of fused-ring (bicyclic) bond motifs is 3. The molecule has 0 N–H and O–H groups in total. The molecule has 8 heteroatoms. The molecule has 29 heavy (non-hydrogen) atoms. The van der Waals surface area contributed by atoms with Crippen molar-refractivity contribution in [1.29, 1.82) is 0 Å². The minimum atomic E-state index is -0.391. The Balaban J connectivity index is 2.07. The van der Waals surface area contributed by atoms with Crippen LogP contribution in [0, 0.1) is 13.8 Å². The number of rotatable bonds is 5. The first kappa shape index (κ1) is 19.2. The van der Waals surface area contributed by atoms with E-state index in [0.29, 0.717) is 16.9 Å². The summed E-state index contributed by atoms with van der Waals surface area (Å²) in [5, 5.41) is 0. The second-order valence-electron chi connectivity index (χ2n) is 7.34. The van der Waals surface area contributed by atoms with E-state index in [9.17, 15) is 9.59 Å². The second-order valence-corrected chi connectivity index (χ2v) is 7.34. The molecule has 0 saturated carbocycles. The summed E-state index contributed by atoms with van der Waals surface area (Å²) in [5.41, 5.74) is 3.17. The van der Waals surface area contributed by atoms with Crippen LogP contribution >= 0.6 is 0 Å². The van der Waals surface area contributed by atoms with E-state index in [1.54, 1.807) is 14.2 Å². The van der Waals surface area contributed by atoms with Gasteiger partial charge >= 0.3 is 5.69 Å². The molecule has 0 unspecified atom stereocenters. The summed E-state index contributed by atoms with van der Waals surface area (Å²) < 4.78 is 11.7. The third-order valence-electron chi connectivity index (χ3n) is 5.75. The zero-order valence-electron chi connectivity index (χ0n) is 17.3. The molecule has 4 aromatic rings. The van der Waals surface area contributed by atoms with Gasteiger partial charge in [-0.05, 0) is 26.3 Å². The Bertz CT molecular complexity index is 1320. The topological polar surface area (TPSA) is 75.5 Å². The van der Waals surface area contributed by atoms with Gasteiger partial charge in [-0.1, -0.05) is 30.3 Å². The number of aryl methyl sites for hydroxylation is 2. The zero-order valence-corrected chi connectivity index (χ0v) is 17.3. The molecule has 3 heterocycles. The van der Waals surface area contributed by atoms with Gasteiger partial charge in [-0.2, -0.15) is 4.98 Å². The summed E-state index contributed by atoms with van der Waals surface area (Å²) in [5.74, 6) is 0.656. The minimum absolute atomic E-state index is 0.0250. The summed E-state index contributed by atoms with van der Waals surface area (Å²) in [7, 11) is 3.19. The maximum Gasteiger partial charge on any atom is 0.332 e. The Kier molecular flexibility index (Phi) is 4.66. The molecule has 4 rings (SSSR count). The average molecular weight is 395 g/mol. The van der Waals surface area contributed by atoms with E-state index in [4.69, 9.17) is 9.72 Å². The highest BCUT2D eigenvalue weighted by Crippen LogP contribution is 2.27. The van der Waals surface area contributed by atoms with Crippen LogP contribution in [0.25, 0.3) is 16.9 Å². The van der Waals surface area contributed by atoms with Crippen LogP contribution in [0.1, 0.15) is 29.9 Å². The molecule has 0 bridgehead atoms. The second kappa shape index (κ2) is 7.04. The molecule has 3 aromatic heterocycles. The van der Waals surface area contributed by atoms with Crippen molar-refractivity contribution in [3.63, 3.8) is 0 Å². The van der Waals surface area contributed by atoms with Gasteiger partial charge < -0.3 is 9.30 Å². The van der Waals surface area contributed by atoms with E-state index in [2.05, 4.69) is 23.6 Å². The highest BCUT2D eigenvalue weighted by atomic mass is 16.5. The Morgan fingerprint density at radius 3 is 2.45 bits per heavy atom. The monoisotopic (exact) mass is 395 g/mol. The summed E-state index contributed by atoms with van der Waals surface area (Å²) >= 11 is 0. The molecule has 0 aliphatic heterocycles. The molecular formula is C21H25N5O3. The van der Waals surface area contributed by atoms with Crippen molar-refractivity contribution in [1.82, 2.24) is 23.1 Å². The first-order chi connectivity index (χ1) is 13.9. The molecule has 0 spiro atoms. The van der Waals surface area contributed by atoms with Crippen molar-refractivity contribution < 1.29 is 4.74 Å². The fraction of sp³-hybridized carbons (Fsp3) is 0.381. The first-order valence-electron chi connectivity index (χ1n) is 9.61. The zero-order chi connectivity index (χ0) is 20.9. The van der Waals surface area contributed by atoms with Crippen LogP contribution in [-0.4, -0.2) is 36.8 Å². The highest BCUT2D eigenvalue weighted by molar-refractivity contribution is 5.76. The number of nitrogens with zero attached hydrogens (tertiary/aromatic N) is 5. The van der Waals surface area contributed by atoms with Gasteiger partial charge in [-0.3, -0.25) is 18.3 Å². The minimum Gasteiger partial charge on any atom is -0.383 e. The van der Waals surface area contributed by atoms with E-state index < -0.39 is 5.69 Å². The van der Waals surface area contributed by atoms with E-state index in [0.717, 1.165) is 17.0 Å². The van der Waals surface area contributed by atoms with Gasteiger partial charge in [0.25, 0.3) is 5.56 Å². The summed E-state index contributed by atoms with van der Waals surface area (Å²) in [6.45, 7) is 6.59. The van der Waals surface area contributed by atoms with Crippen LogP contribution in [0.15, 0.2) is 39.9 Å². The smallest absolute Gasteiger partial charge is 0.332 e. The lowest BCUT2D eigenvalue weighted by Gasteiger charge is -2.16. The number of hydrogen-bond donors (Lipinski definition) is 0. The number of benzene rings is 1. The Morgan fingerprint density at radius 2 is 1.79 bits per heavy atom. The predicted molar refractivity (Wildman–Crippen MR) is 112 cm³/mol. The van der Waals surface area contributed by atoms with Crippen LogP contribution in [0.5, 0.6) is 0 Å². The maximum absolute atomic E-state index is 13.2. The largest absolute Gasteiger partial charge is 0.383 e. The van der Waals surface area contributed by atoms with Crippen molar-refractivity contribution in [3.8, 4) is 0 Å². The SMILES string of the molecule is COCCn1c(=O)c2c(nc3n([C@@H](C)c4ccccc4)c(C)c(C)n23)n(C)c1=O. The molecule has 0 radical (unpaired) electrons. The van der Waals surface area contributed by atoms with E-state index in [1.165, 1.54) is 9.13 Å². The fourth-order valence-corrected chi connectivity index (χ4v) is 4.00. The van der Waals surface area contributed by atoms with Gasteiger partial charge in [-0.25, -0.2) is 4.79 Å². The van der Waals surface area contributed by atoms with Crippen LogP contribution in [0.3, 0.4) is 0 Å². The standard InChI is InChI=1S/C21H25N5O3/c1-13-14(2)26-17-18(23(4)21(28)24(19(17)27)11-12-29-5)22-20(26)25(13)15(3)16-9-7-6-8-10-16/h6-10,15H,11-12H2,1-5H3/t15-/m0/s1. The van der Waals surface area contributed by atoms with E-state index in [1.807, 2.05) is 36.4 Å². The van der Waals surface area contributed by atoms with Crippen molar-refractivity contribution in [2.45, 2.75) is 33.4 Å². The molecule has 0 aliphatic rings. The fourth-order valence-electron chi connectivity index (χ4n) is 4.00. The van der Waals surface area contributed by atoms with Crippen LogP contribution < -0.4 is 11.2 Å². The van der Waals surface area contributed by atoms with Crippen LogP contribution in [-0.2, 0) is 18.3 Å². The Morgan fingerprint density at radius 1 is 1.10 bits per heavy atom. The molecule has 0 aliphatic carbocycles. The maximum atomic E-state index is 13.2. The van der Waals surface area contributed by atoms with E-state index in [-0.39, 0.29) is 24.8 Å². The Labute approximate surface area is 167 Å². The molecule has 0 fully saturated rings. The van der Waals surface area contributed by atoms with Crippen molar-refractivity contribution >= 4 is 16.9 Å². The van der Waals surface area contributed by atoms with Crippen molar-refractivity contribution in [3.05, 3.63) is 68.1 Å². The number of imidazole rings is 2. The lowest BCUT2D eigenvalue weighted by molar-refractivity contribution is 0.184. The third kappa shape index (κ3) is 2.74. The number of ether oxygens (including phenoxy) is 1. The molecule has 1 aromatic carbocycles. The molecule has 1 atom stereocenters. The lowest BCUT2D eigenvalue weighted by atomic mass is 10.1. The number of methoxy groups -OCH3 is 1. The predicted octanol–water partition coefficient (Wildman–Crippen LogP) is 2.02. The Hall–Kier alpha value is -3.13. The third-order valence-corrected chi connectivity index (χ3v) is 5.75. The van der Waals surface area contributed by atoms with E-state index >= 15 is 0 Å². The molecule has 0 saturated heterocycles. The molecule has 0 amide bonds. The normalized spacial score (nSPS) is 12.9. The quantitative estimate of drug-likeness (QED) is 0.518. The molecule has 152 valence electrons. The molecular weight excluding hydrogens is 370 g/mol. The average Bonchev–Trinajstić information content (AvgIpc) is 3.22. The van der Waals surface area contributed by atoms with Crippen molar-refractivity contribution in [2.75, 3.05) is 13.7 Å². The number of hydrogen-bond acceptors (Lipinski definition) is 4. The van der Waals surface area contributed by atoms with Gasteiger partial charge in [0, 0.05) is 25.5 Å². The molecule has 8 nitrogen and oxygen atoms in total. The highest BCUT2D eigenvalue weighted by Gasteiger charge is 2.24. The summed E-state index contributed by atoms with van der Waals surface area (Å²) in [4.78, 5) is 30.7. The van der Waals surface area contributed by atoms with Crippen molar-refractivity contribution in [2.24, 2.45) is 7.05 Å². The van der Waals surface area contributed by atoms with Gasteiger partial charge in [0.15, 0.2) is 11.2 Å². The van der Waals surface area contributed by atoms with Crippen LogP contribution in [0.4, 0.5) is 0 Å².